The topological polar surface area (TPSA) is 13.1 Å². The Labute approximate surface area is 75.6 Å². The first-order valence-corrected chi connectivity index (χ1v) is 4.17. The lowest BCUT2D eigenvalue weighted by atomic mass is 10.1. The zero-order chi connectivity index (χ0) is 8.55. The smallest absolute Gasteiger partial charge is 0.138 e. The number of rotatable bonds is 0. The second kappa shape index (κ2) is 2.72. The Bertz CT molecular complexity index is 470. The third-order valence-corrected chi connectivity index (χ3v) is 2.24. The number of aryl methyl sites for hydroxylation is 1. The molecule has 0 saturated carbocycles. The largest absolute Gasteiger partial charge is 0.464 e. The average molecular weight is 176 g/mol. The molecule has 0 amide bonds. The molecule has 2 aromatic rings. The zero-order valence-corrected chi connectivity index (χ0v) is 7.52. The molecule has 0 aliphatic rings. The van der Waals surface area contributed by atoms with E-state index in [9.17, 15) is 0 Å². The number of hydrogen-bond donors (Lipinski definition) is 0. The van der Waals surface area contributed by atoms with E-state index in [2.05, 4.69) is 0 Å². The summed E-state index contributed by atoms with van der Waals surface area (Å²) in [5.41, 5.74) is 2.02. The van der Waals surface area contributed by atoms with Crippen molar-refractivity contribution < 1.29 is 4.42 Å². The molecule has 0 bridgehead atoms. The van der Waals surface area contributed by atoms with Crippen molar-refractivity contribution in [3.63, 3.8) is 0 Å². The van der Waals surface area contributed by atoms with Crippen LogP contribution in [0.3, 0.4) is 0 Å². The van der Waals surface area contributed by atoms with Gasteiger partial charge >= 0.3 is 0 Å². The lowest BCUT2D eigenvalue weighted by Gasteiger charge is -1.98. The van der Waals surface area contributed by atoms with Gasteiger partial charge in [-0.25, -0.2) is 0 Å². The van der Waals surface area contributed by atoms with Crippen LogP contribution in [0, 0.1) is 11.4 Å². The minimum atomic E-state index is 0.847. The molecule has 2 rings (SSSR count). The summed E-state index contributed by atoms with van der Waals surface area (Å²) in [6.45, 7) is 2.01. The summed E-state index contributed by atoms with van der Waals surface area (Å²) in [6, 6.07) is 7.79. The number of hydrogen-bond acceptors (Lipinski definition) is 2. The van der Waals surface area contributed by atoms with Gasteiger partial charge in [-0.15, -0.1) is 0 Å². The van der Waals surface area contributed by atoms with Crippen molar-refractivity contribution in [3.8, 4) is 0 Å². The van der Waals surface area contributed by atoms with Gasteiger partial charge in [-0.3, -0.25) is 0 Å². The van der Waals surface area contributed by atoms with Crippen molar-refractivity contribution in [2.45, 2.75) is 6.92 Å². The fourth-order valence-electron chi connectivity index (χ4n) is 1.26. The van der Waals surface area contributed by atoms with Gasteiger partial charge in [-0.05, 0) is 24.6 Å². The van der Waals surface area contributed by atoms with Crippen LogP contribution in [0.5, 0.6) is 0 Å². The summed E-state index contributed by atoms with van der Waals surface area (Å²) in [5.74, 6) is 0. The summed E-state index contributed by atoms with van der Waals surface area (Å²) < 4.78 is 6.20. The highest BCUT2D eigenvalue weighted by molar-refractivity contribution is 7.71. The molecule has 60 valence electrons. The van der Waals surface area contributed by atoms with Gasteiger partial charge in [0.2, 0.25) is 0 Å². The Balaban J connectivity index is 3.05. The molecule has 0 spiro atoms. The Morgan fingerprint density at radius 3 is 2.83 bits per heavy atom. The molecule has 1 heterocycles. The van der Waals surface area contributed by atoms with Gasteiger partial charge < -0.3 is 4.42 Å². The molecule has 1 nitrogen and oxygen atoms in total. The van der Waals surface area contributed by atoms with Crippen molar-refractivity contribution in [3.05, 3.63) is 40.6 Å². The van der Waals surface area contributed by atoms with Crippen LogP contribution in [0.4, 0.5) is 0 Å². The Hall–Kier alpha value is -1.15. The van der Waals surface area contributed by atoms with Gasteiger partial charge in [0.15, 0.2) is 0 Å². The third-order valence-electron chi connectivity index (χ3n) is 1.88. The molecule has 0 aliphatic heterocycles. The van der Waals surface area contributed by atoms with E-state index >= 15 is 0 Å². The molecule has 1 aromatic heterocycles. The molecule has 0 aliphatic carbocycles. The van der Waals surface area contributed by atoms with Crippen molar-refractivity contribution >= 4 is 23.2 Å². The zero-order valence-electron chi connectivity index (χ0n) is 6.70. The Morgan fingerprint density at radius 2 is 2.08 bits per heavy atom. The average Bonchev–Trinajstić information content (AvgIpc) is 2.07. The third kappa shape index (κ3) is 1.04. The number of para-hydroxylation sites is 1. The maximum Gasteiger partial charge on any atom is 0.138 e. The van der Waals surface area contributed by atoms with Crippen LogP contribution in [-0.4, -0.2) is 0 Å². The van der Waals surface area contributed by atoms with Crippen molar-refractivity contribution in [1.82, 2.24) is 0 Å². The van der Waals surface area contributed by atoms with Crippen LogP contribution in [0.15, 0.2) is 34.9 Å². The molecule has 2 heteroatoms. The summed E-state index contributed by atoms with van der Waals surface area (Å²) in [7, 11) is 0. The molecule has 0 radical (unpaired) electrons. The fraction of sp³-hybridized carbons (Fsp3) is 0.100. The van der Waals surface area contributed by atoms with E-state index in [0.29, 0.717) is 0 Å². The SMILES string of the molecule is Cc1cccc2c(=S)ccoc12. The molecular formula is C10H8OS. The lowest BCUT2D eigenvalue weighted by Crippen LogP contribution is -1.77. The van der Waals surface area contributed by atoms with E-state index in [1.165, 1.54) is 0 Å². The normalized spacial score (nSPS) is 10.4. The van der Waals surface area contributed by atoms with Crippen molar-refractivity contribution in [2.24, 2.45) is 0 Å². The van der Waals surface area contributed by atoms with Crippen LogP contribution < -0.4 is 0 Å². The van der Waals surface area contributed by atoms with E-state index < -0.39 is 0 Å². The first-order valence-electron chi connectivity index (χ1n) is 3.76. The van der Waals surface area contributed by atoms with Crippen LogP contribution in [-0.2, 0) is 0 Å². The second-order valence-electron chi connectivity index (χ2n) is 2.74. The van der Waals surface area contributed by atoms with Gasteiger partial charge in [0, 0.05) is 5.39 Å². The van der Waals surface area contributed by atoms with E-state index in [0.717, 1.165) is 21.0 Å². The standard InChI is InChI=1S/C10H8OS/c1-7-3-2-4-8-9(12)5-6-11-10(7)8/h2-6H,1H3. The Morgan fingerprint density at radius 1 is 1.25 bits per heavy atom. The predicted octanol–water partition coefficient (Wildman–Crippen LogP) is 3.47. The van der Waals surface area contributed by atoms with E-state index in [1.54, 1.807) is 12.3 Å². The minimum Gasteiger partial charge on any atom is -0.464 e. The summed E-state index contributed by atoms with van der Waals surface area (Å²) >= 11 is 5.15. The molecule has 0 saturated heterocycles. The molecule has 0 N–H and O–H groups in total. The number of benzene rings is 1. The number of fused-ring (bicyclic) bond motifs is 1. The second-order valence-corrected chi connectivity index (χ2v) is 3.18. The quantitative estimate of drug-likeness (QED) is 0.570. The maximum atomic E-state index is 5.36. The van der Waals surface area contributed by atoms with Gasteiger partial charge in [0.25, 0.3) is 0 Å². The first kappa shape index (κ1) is 7.50. The first-order chi connectivity index (χ1) is 5.79. The maximum absolute atomic E-state index is 5.36. The van der Waals surface area contributed by atoms with E-state index in [-0.39, 0.29) is 0 Å². The Kier molecular flexibility index (Phi) is 1.70. The highest BCUT2D eigenvalue weighted by atomic mass is 32.1. The van der Waals surface area contributed by atoms with Gasteiger partial charge in [0.1, 0.15) is 5.58 Å². The van der Waals surface area contributed by atoms with Crippen LogP contribution >= 0.6 is 12.2 Å². The molecular weight excluding hydrogens is 168 g/mol. The van der Waals surface area contributed by atoms with Crippen molar-refractivity contribution in [1.29, 1.82) is 0 Å². The van der Waals surface area contributed by atoms with Gasteiger partial charge in [-0.2, -0.15) is 0 Å². The molecule has 12 heavy (non-hydrogen) atoms. The van der Waals surface area contributed by atoms with Crippen LogP contribution in [0.25, 0.3) is 11.0 Å². The molecule has 0 unspecified atom stereocenters. The highest BCUT2D eigenvalue weighted by Crippen LogP contribution is 2.18. The molecule has 1 aromatic carbocycles. The minimum absolute atomic E-state index is 0.847. The van der Waals surface area contributed by atoms with Crippen LogP contribution in [0.2, 0.25) is 0 Å². The molecule has 0 fully saturated rings. The fourth-order valence-corrected chi connectivity index (χ4v) is 1.47. The van der Waals surface area contributed by atoms with Gasteiger partial charge in [0.05, 0.1) is 10.8 Å². The van der Waals surface area contributed by atoms with E-state index in [4.69, 9.17) is 16.6 Å². The lowest BCUT2D eigenvalue weighted by molar-refractivity contribution is 0.600. The highest BCUT2D eigenvalue weighted by Gasteiger charge is 1.98. The summed E-state index contributed by atoms with van der Waals surface area (Å²) in [6.07, 6.45) is 1.64. The summed E-state index contributed by atoms with van der Waals surface area (Å²) in [4.78, 5) is 0. The molecule has 0 atom stereocenters. The van der Waals surface area contributed by atoms with Gasteiger partial charge in [-0.1, -0.05) is 24.4 Å². The summed E-state index contributed by atoms with van der Waals surface area (Å²) in [5, 5.41) is 1.02. The van der Waals surface area contributed by atoms with Crippen molar-refractivity contribution in [2.75, 3.05) is 0 Å². The van der Waals surface area contributed by atoms with E-state index in [1.807, 2.05) is 25.1 Å². The monoisotopic (exact) mass is 176 g/mol. The predicted molar refractivity (Wildman–Crippen MR) is 51.8 cm³/mol. The van der Waals surface area contributed by atoms with Crippen LogP contribution in [0.1, 0.15) is 5.56 Å².